The Bertz CT molecular complexity index is 1450. The number of nitrogens with zero attached hydrogens (tertiary/aromatic N) is 3. The summed E-state index contributed by atoms with van der Waals surface area (Å²) in [4.78, 5) is 32.2. The molecule has 4 aromatic rings. The number of phenols is 1. The molecule has 0 spiro atoms. The molecule has 6 nitrogen and oxygen atoms in total. The first-order chi connectivity index (χ1) is 18.5. The number of benzene rings is 4. The van der Waals surface area contributed by atoms with E-state index < -0.39 is 0 Å². The van der Waals surface area contributed by atoms with Crippen LogP contribution in [-0.4, -0.2) is 66.0 Å². The van der Waals surface area contributed by atoms with Gasteiger partial charge >= 0.3 is 0 Å². The average Bonchev–Trinajstić information content (AvgIpc) is 2.97. The molecule has 0 atom stereocenters. The maximum Gasteiger partial charge on any atom is 0.254 e. The minimum absolute atomic E-state index is 0.0310. The van der Waals surface area contributed by atoms with Gasteiger partial charge in [-0.2, -0.15) is 0 Å². The van der Waals surface area contributed by atoms with Gasteiger partial charge in [0.15, 0.2) is 0 Å². The first-order valence-electron chi connectivity index (χ1n) is 13.2. The first kappa shape index (κ1) is 25.3. The fourth-order valence-electron chi connectivity index (χ4n) is 5.26. The van der Waals surface area contributed by atoms with E-state index in [9.17, 15) is 14.7 Å². The lowest BCUT2D eigenvalue weighted by Gasteiger charge is -2.36. The summed E-state index contributed by atoms with van der Waals surface area (Å²) in [5, 5.41) is 11.9. The van der Waals surface area contributed by atoms with E-state index in [1.807, 2.05) is 96.4 Å². The van der Waals surface area contributed by atoms with Crippen molar-refractivity contribution >= 4 is 28.3 Å². The Morgan fingerprint density at radius 3 is 2.13 bits per heavy atom. The predicted molar refractivity (Wildman–Crippen MR) is 153 cm³/mol. The number of anilines is 1. The van der Waals surface area contributed by atoms with Crippen LogP contribution in [0.4, 0.5) is 5.69 Å². The molecule has 0 radical (unpaired) electrons. The van der Waals surface area contributed by atoms with E-state index in [0.29, 0.717) is 37.3 Å². The third kappa shape index (κ3) is 4.94. The van der Waals surface area contributed by atoms with Crippen molar-refractivity contribution in [2.75, 3.05) is 44.2 Å². The number of aromatic hydroxyl groups is 1. The fraction of sp³-hybridized carbons (Fsp3) is 0.250. The highest BCUT2D eigenvalue weighted by molar-refractivity contribution is 6.11. The molecule has 4 aromatic carbocycles. The van der Waals surface area contributed by atoms with Crippen molar-refractivity contribution in [3.05, 3.63) is 96.1 Å². The van der Waals surface area contributed by atoms with Crippen molar-refractivity contribution < 1.29 is 14.7 Å². The molecule has 1 aliphatic heterocycles. The van der Waals surface area contributed by atoms with Crippen molar-refractivity contribution in [3.8, 4) is 16.9 Å². The Balaban J connectivity index is 1.31. The van der Waals surface area contributed by atoms with Crippen molar-refractivity contribution in [3.63, 3.8) is 0 Å². The van der Waals surface area contributed by atoms with E-state index in [1.54, 1.807) is 12.1 Å². The van der Waals surface area contributed by atoms with Crippen molar-refractivity contribution in [2.45, 2.75) is 13.8 Å². The molecule has 1 N–H and O–H groups in total. The molecule has 0 aliphatic carbocycles. The summed E-state index contributed by atoms with van der Waals surface area (Å²) in [6.45, 7) is 8.08. The van der Waals surface area contributed by atoms with Gasteiger partial charge in [-0.3, -0.25) is 9.59 Å². The van der Waals surface area contributed by atoms with Crippen LogP contribution in [0.15, 0.2) is 84.9 Å². The molecule has 1 aliphatic rings. The Hall–Kier alpha value is -4.32. The number of rotatable bonds is 6. The zero-order valence-electron chi connectivity index (χ0n) is 21.9. The highest BCUT2D eigenvalue weighted by Crippen LogP contribution is 2.33. The molecule has 1 heterocycles. The number of amides is 2. The van der Waals surface area contributed by atoms with E-state index in [1.165, 1.54) is 0 Å². The Morgan fingerprint density at radius 1 is 0.789 bits per heavy atom. The third-order valence-electron chi connectivity index (χ3n) is 7.41. The number of fused-ring (bicyclic) bond motifs is 1. The fourth-order valence-corrected chi connectivity index (χ4v) is 5.26. The second kappa shape index (κ2) is 11.0. The summed E-state index contributed by atoms with van der Waals surface area (Å²) in [6, 6.07) is 26.8. The lowest BCUT2D eigenvalue weighted by Crippen LogP contribution is -2.48. The van der Waals surface area contributed by atoms with E-state index in [4.69, 9.17) is 0 Å². The minimum Gasteiger partial charge on any atom is -0.508 e. The van der Waals surface area contributed by atoms with Gasteiger partial charge in [-0.15, -0.1) is 0 Å². The quantitative estimate of drug-likeness (QED) is 0.366. The summed E-state index contributed by atoms with van der Waals surface area (Å²) in [6.07, 6.45) is 0. The summed E-state index contributed by atoms with van der Waals surface area (Å²) in [7, 11) is 0. The van der Waals surface area contributed by atoms with Gasteiger partial charge in [0.25, 0.3) is 11.8 Å². The molecule has 0 bridgehead atoms. The van der Waals surface area contributed by atoms with Gasteiger partial charge in [0.05, 0.1) is 0 Å². The van der Waals surface area contributed by atoms with E-state index in [2.05, 4.69) is 4.90 Å². The van der Waals surface area contributed by atoms with Crippen LogP contribution in [0.3, 0.4) is 0 Å². The van der Waals surface area contributed by atoms with Crippen LogP contribution in [0.5, 0.6) is 5.75 Å². The molecule has 6 heteroatoms. The van der Waals surface area contributed by atoms with Gasteiger partial charge in [-0.1, -0.05) is 42.5 Å². The number of hydrogen-bond acceptors (Lipinski definition) is 4. The van der Waals surface area contributed by atoms with Gasteiger partial charge in [0.2, 0.25) is 0 Å². The molecule has 0 unspecified atom stereocenters. The molecule has 0 aromatic heterocycles. The standard InChI is InChI=1S/C32H33N3O3/c1-3-33(4-2)31(37)23-12-14-25(15-13-23)34-18-20-35(21-19-34)32(38)30-17-16-27(24-8-7-9-26(36)22-24)28-10-5-6-11-29(28)30/h5-17,22,36H,3-4,18-21H2,1-2H3. The van der Waals surface area contributed by atoms with Crippen molar-refractivity contribution in [2.24, 2.45) is 0 Å². The van der Waals surface area contributed by atoms with Crippen LogP contribution in [0.25, 0.3) is 21.9 Å². The molecule has 38 heavy (non-hydrogen) atoms. The Kier molecular flexibility index (Phi) is 7.31. The van der Waals surface area contributed by atoms with E-state index in [0.717, 1.165) is 40.7 Å². The zero-order valence-corrected chi connectivity index (χ0v) is 21.9. The monoisotopic (exact) mass is 507 g/mol. The van der Waals surface area contributed by atoms with Gasteiger partial charge in [0, 0.05) is 56.1 Å². The van der Waals surface area contributed by atoms with Crippen LogP contribution >= 0.6 is 0 Å². The van der Waals surface area contributed by atoms with Crippen LogP contribution in [0.2, 0.25) is 0 Å². The largest absolute Gasteiger partial charge is 0.508 e. The number of piperazine rings is 1. The molecule has 0 saturated carbocycles. The van der Waals surface area contributed by atoms with Crippen molar-refractivity contribution in [1.82, 2.24) is 9.80 Å². The Labute approximate surface area is 223 Å². The smallest absolute Gasteiger partial charge is 0.254 e. The average molecular weight is 508 g/mol. The van der Waals surface area contributed by atoms with Crippen LogP contribution < -0.4 is 4.90 Å². The highest BCUT2D eigenvalue weighted by atomic mass is 16.3. The zero-order chi connectivity index (χ0) is 26.6. The second-order valence-corrected chi connectivity index (χ2v) is 9.56. The first-order valence-corrected chi connectivity index (χ1v) is 13.2. The molecule has 194 valence electrons. The number of hydrogen-bond donors (Lipinski definition) is 1. The summed E-state index contributed by atoms with van der Waals surface area (Å²) in [5.74, 6) is 0.303. The van der Waals surface area contributed by atoms with E-state index >= 15 is 0 Å². The topological polar surface area (TPSA) is 64.1 Å². The van der Waals surface area contributed by atoms with Crippen LogP contribution in [0, 0.1) is 0 Å². The summed E-state index contributed by atoms with van der Waals surface area (Å²) < 4.78 is 0. The molecular formula is C32H33N3O3. The van der Waals surface area contributed by atoms with Crippen LogP contribution in [-0.2, 0) is 0 Å². The maximum atomic E-state index is 13.6. The van der Waals surface area contributed by atoms with Crippen molar-refractivity contribution in [1.29, 1.82) is 0 Å². The van der Waals surface area contributed by atoms with Gasteiger partial charge in [0.1, 0.15) is 5.75 Å². The number of carbonyl (C=O) groups excluding carboxylic acids is 2. The van der Waals surface area contributed by atoms with Gasteiger partial charge < -0.3 is 19.8 Å². The third-order valence-corrected chi connectivity index (χ3v) is 7.41. The van der Waals surface area contributed by atoms with Gasteiger partial charge in [-0.05, 0) is 78.2 Å². The molecule has 2 amide bonds. The molecule has 1 fully saturated rings. The lowest BCUT2D eigenvalue weighted by atomic mass is 9.94. The predicted octanol–water partition coefficient (Wildman–Crippen LogP) is 5.66. The number of phenolic OH excluding ortho intramolecular Hbond substituents is 1. The molecule has 1 saturated heterocycles. The molecule has 5 rings (SSSR count). The summed E-state index contributed by atoms with van der Waals surface area (Å²) >= 11 is 0. The number of carbonyl (C=O) groups is 2. The van der Waals surface area contributed by atoms with E-state index in [-0.39, 0.29) is 17.6 Å². The summed E-state index contributed by atoms with van der Waals surface area (Å²) in [5.41, 5.74) is 4.36. The second-order valence-electron chi connectivity index (χ2n) is 9.56. The minimum atomic E-state index is 0.0310. The lowest BCUT2D eigenvalue weighted by molar-refractivity contribution is 0.0746. The van der Waals surface area contributed by atoms with Crippen LogP contribution in [0.1, 0.15) is 34.6 Å². The van der Waals surface area contributed by atoms with Gasteiger partial charge in [-0.25, -0.2) is 0 Å². The Morgan fingerprint density at radius 2 is 1.47 bits per heavy atom. The maximum absolute atomic E-state index is 13.6. The normalized spacial score (nSPS) is 13.5. The molecular weight excluding hydrogens is 474 g/mol. The highest BCUT2D eigenvalue weighted by Gasteiger charge is 2.24. The SMILES string of the molecule is CCN(CC)C(=O)c1ccc(N2CCN(C(=O)c3ccc(-c4cccc(O)c4)c4ccccc34)CC2)cc1.